The van der Waals surface area contributed by atoms with E-state index in [-0.39, 0.29) is 17.9 Å². The fraction of sp³-hybridized carbons (Fsp3) is 0.125. The predicted molar refractivity (Wildman–Crippen MR) is 84.2 cm³/mol. The second-order valence-corrected chi connectivity index (χ2v) is 6.25. The van der Waals surface area contributed by atoms with Gasteiger partial charge < -0.3 is 5.32 Å². The Kier molecular flexibility index (Phi) is 3.19. The number of hydrogen-bond acceptors (Lipinski definition) is 2. The lowest BCUT2D eigenvalue weighted by molar-refractivity contribution is 0.245. The van der Waals surface area contributed by atoms with Gasteiger partial charge in [-0.25, -0.2) is 23.1 Å². The second-order valence-electron chi connectivity index (χ2n) is 5.39. The fourth-order valence-corrected chi connectivity index (χ4v) is 3.08. The van der Waals surface area contributed by atoms with Crippen LogP contribution in [0.3, 0.4) is 0 Å². The molecule has 1 N–H and O–H groups in total. The molecular weight excluding hydrogens is 368 g/mol. The molecule has 1 aromatic heterocycles. The number of aromatic nitrogens is 2. The molecule has 7 heteroatoms. The Bertz CT molecular complexity index is 954. The second kappa shape index (κ2) is 5.13. The summed E-state index contributed by atoms with van der Waals surface area (Å²) in [6, 6.07) is 8.23. The maximum absolute atomic E-state index is 13.6. The minimum Gasteiger partial charge on any atom is -0.327 e. The standard InChI is InChI=1S/C16H10BrF2N3O/c17-10-3-1-8(5-11(10)19)6-13-15-20-12-4-2-9(18)7-14(12)22(15)16(23)21-13/h1-5,7,13H,6H2,(H,21,23). The molecule has 4 nitrogen and oxygen atoms in total. The first-order valence-electron chi connectivity index (χ1n) is 6.95. The summed E-state index contributed by atoms with van der Waals surface area (Å²) in [6.07, 6.45) is 0.405. The van der Waals surface area contributed by atoms with Gasteiger partial charge in [0, 0.05) is 12.5 Å². The molecule has 1 aliphatic heterocycles. The van der Waals surface area contributed by atoms with Crippen LogP contribution in [0.4, 0.5) is 13.6 Å². The van der Waals surface area contributed by atoms with E-state index in [9.17, 15) is 13.6 Å². The maximum Gasteiger partial charge on any atom is 0.328 e. The summed E-state index contributed by atoms with van der Waals surface area (Å²) in [5.41, 5.74) is 1.73. The summed E-state index contributed by atoms with van der Waals surface area (Å²) in [4.78, 5) is 16.6. The van der Waals surface area contributed by atoms with E-state index in [0.717, 1.165) is 5.56 Å². The van der Waals surface area contributed by atoms with Crippen molar-refractivity contribution in [3.8, 4) is 0 Å². The van der Waals surface area contributed by atoms with Crippen LogP contribution in [-0.4, -0.2) is 15.6 Å². The number of nitrogens with zero attached hydrogens (tertiary/aromatic N) is 2. The third-order valence-corrected chi connectivity index (χ3v) is 4.52. The van der Waals surface area contributed by atoms with Crippen molar-refractivity contribution in [1.29, 1.82) is 0 Å². The molecule has 0 spiro atoms. The van der Waals surface area contributed by atoms with Gasteiger partial charge in [-0.15, -0.1) is 0 Å². The number of imidazole rings is 1. The third kappa shape index (κ3) is 2.31. The van der Waals surface area contributed by atoms with Crippen LogP contribution in [0.1, 0.15) is 17.4 Å². The lowest BCUT2D eigenvalue weighted by atomic mass is 10.1. The number of halogens is 3. The first-order valence-corrected chi connectivity index (χ1v) is 7.75. The largest absolute Gasteiger partial charge is 0.328 e. The smallest absolute Gasteiger partial charge is 0.327 e. The molecule has 1 unspecified atom stereocenters. The van der Waals surface area contributed by atoms with E-state index in [1.807, 2.05) is 0 Å². The van der Waals surface area contributed by atoms with Crippen molar-refractivity contribution in [2.75, 3.05) is 0 Å². The zero-order valence-electron chi connectivity index (χ0n) is 11.7. The summed E-state index contributed by atoms with van der Waals surface area (Å²) in [6.45, 7) is 0. The first kappa shape index (κ1) is 14.3. The minimum atomic E-state index is -0.425. The van der Waals surface area contributed by atoms with E-state index < -0.39 is 5.82 Å². The van der Waals surface area contributed by atoms with Crippen LogP contribution in [0, 0.1) is 11.6 Å². The number of nitrogens with one attached hydrogen (secondary N) is 1. The van der Waals surface area contributed by atoms with Crippen LogP contribution >= 0.6 is 15.9 Å². The van der Waals surface area contributed by atoms with Crippen molar-refractivity contribution >= 4 is 33.0 Å². The Morgan fingerprint density at radius 3 is 2.83 bits per heavy atom. The topological polar surface area (TPSA) is 46.9 Å². The molecule has 4 rings (SSSR count). The Morgan fingerprint density at radius 2 is 2.04 bits per heavy atom. The molecule has 0 saturated carbocycles. The summed E-state index contributed by atoms with van der Waals surface area (Å²) >= 11 is 3.11. The van der Waals surface area contributed by atoms with Gasteiger partial charge in [0.25, 0.3) is 0 Å². The van der Waals surface area contributed by atoms with Crippen molar-refractivity contribution in [3.63, 3.8) is 0 Å². The van der Waals surface area contributed by atoms with Gasteiger partial charge in [-0.05, 0) is 45.8 Å². The first-order chi connectivity index (χ1) is 11.0. The molecule has 1 aliphatic rings. The monoisotopic (exact) mass is 377 g/mol. The molecule has 0 radical (unpaired) electrons. The maximum atomic E-state index is 13.6. The lowest BCUT2D eigenvalue weighted by Crippen LogP contribution is -2.22. The molecule has 2 aromatic carbocycles. The third-order valence-electron chi connectivity index (χ3n) is 3.88. The number of carbonyl (C=O) groups is 1. The molecule has 116 valence electrons. The summed E-state index contributed by atoms with van der Waals surface area (Å²) in [5, 5.41) is 2.80. The average Bonchev–Trinajstić information content (AvgIpc) is 3.02. The van der Waals surface area contributed by atoms with Crippen LogP contribution in [0.15, 0.2) is 40.9 Å². The average molecular weight is 378 g/mol. The van der Waals surface area contributed by atoms with Crippen LogP contribution in [0.2, 0.25) is 0 Å². The highest BCUT2D eigenvalue weighted by Crippen LogP contribution is 2.29. The van der Waals surface area contributed by atoms with E-state index >= 15 is 0 Å². The van der Waals surface area contributed by atoms with Gasteiger partial charge in [0.1, 0.15) is 17.5 Å². The molecule has 3 aromatic rings. The molecule has 0 saturated heterocycles. The highest BCUT2D eigenvalue weighted by molar-refractivity contribution is 9.10. The highest BCUT2D eigenvalue weighted by atomic mass is 79.9. The normalized spacial score (nSPS) is 16.7. The van der Waals surface area contributed by atoms with Crippen molar-refractivity contribution in [1.82, 2.24) is 14.9 Å². The molecule has 1 atom stereocenters. The number of fused-ring (bicyclic) bond motifs is 3. The fourth-order valence-electron chi connectivity index (χ4n) is 2.84. The molecule has 0 fully saturated rings. The van der Waals surface area contributed by atoms with Crippen molar-refractivity contribution < 1.29 is 13.6 Å². The van der Waals surface area contributed by atoms with Crippen LogP contribution in [0.25, 0.3) is 11.0 Å². The Balaban J connectivity index is 1.75. The number of rotatable bonds is 2. The van der Waals surface area contributed by atoms with Gasteiger partial charge in [0.2, 0.25) is 0 Å². The van der Waals surface area contributed by atoms with Crippen molar-refractivity contribution in [2.24, 2.45) is 0 Å². The van der Waals surface area contributed by atoms with E-state index in [1.54, 1.807) is 18.2 Å². The van der Waals surface area contributed by atoms with Crippen LogP contribution < -0.4 is 5.32 Å². The van der Waals surface area contributed by atoms with Crippen molar-refractivity contribution in [3.05, 3.63) is 63.9 Å². The highest BCUT2D eigenvalue weighted by Gasteiger charge is 2.32. The predicted octanol–water partition coefficient (Wildman–Crippen LogP) is 3.93. The minimum absolute atomic E-state index is 0.351. The van der Waals surface area contributed by atoms with Gasteiger partial charge in [-0.1, -0.05) is 6.07 Å². The van der Waals surface area contributed by atoms with Crippen molar-refractivity contribution in [2.45, 2.75) is 12.5 Å². The summed E-state index contributed by atoms with van der Waals surface area (Å²) in [5.74, 6) is -0.271. The number of hydrogen-bond donors (Lipinski definition) is 1. The summed E-state index contributed by atoms with van der Waals surface area (Å²) in [7, 11) is 0. The SMILES string of the molecule is O=C1NC(Cc2ccc(Br)c(F)c2)c2nc3ccc(F)cc3n21. The zero-order chi connectivity index (χ0) is 16.1. The Morgan fingerprint density at radius 1 is 1.22 bits per heavy atom. The van der Waals surface area contributed by atoms with Gasteiger partial charge in [0.15, 0.2) is 0 Å². The summed E-state index contributed by atoms with van der Waals surface area (Å²) < 4.78 is 28.8. The van der Waals surface area contributed by atoms with Crippen LogP contribution in [-0.2, 0) is 6.42 Å². The number of benzene rings is 2. The van der Waals surface area contributed by atoms with E-state index in [1.165, 1.54) is 22.8 Å². The van der Waals surface area contributed by atoms with E-state index in [4.69, 9.17) is 0 Å². The van der Waals surface area contributed by atoms with Gasteiger partial charge >= 0.3 is 6.03 Å². The molecule has 0 aliphatic carbocycles. The molecule has 2 heterocycles. The Labute approximate surface area is 138 Å². The van der Waals surface area contributed by atoms with E-state index in [0.29, 0.717) is 27.8 Å². The Hall–Kier alpha value is -2.28. The molecule has 0 bridgehead atoms. The van der Waals surface area contributed by atoms with Gasteiger partial charge in [-0.2, -0.15) is 0 Å². The van der Waals surface area contributed by atoms with Crippen LogP contribution in [0.5, 0.6) is 0 Å². The number of carbonyl (C=O) groups excluding carboxylic acids is 1. The van der Waals surface area contributed by atoms with Gasteiger partial charge in [-0.3, -0.25) is 0 Å². The quantitative estimate of drug-likeness (QED) is 0.735. The van der Waals surface area contributed by atoms with E-state index in [2.05, 4.69) is 26.2 Å². The number of amides is 1. The molecule has 1 amide bonds. The lowest BCUT2D eigenvalue weighted by Gasteiger charge is -2.09. The molecular formula is C16H10BrF2N3O. The molecule has 23 heavy (non-hydrogen) atoms. The van der Waals surface area contributed by atoms with Gasteiger partial charge in [0.05, 0.1) is 21.5 Å². The zero-order valence-corrected chi connectivity index (χ0v) is 13.3.